The summed E-state index contributed by atoms with van der Waals surface area (Å²) in [6.45, 7) is 1.75. The third kappa shape index (κ3) is 3.50. The van der Waals surface area contributed by atoms with Gasteiger partial charge in [0.15, 0.2) is 0 Å². The van der Waals surface area contributed by atoms with Crippen LogP contribution in [0.3, 0.4) is 0 Å². The van der Waals surface area contributed by atoms with E-state index in [0.717, 1.165) is 25.7 Å². The van der Waals surface area contributed by atoms with Crippen LogP contribution < -0.4 is 0 Å². The molecule has 14 heavy (non-hydrogen) atoms. The van der Waals surface area contributed by atoms with E-state index in [1.165, 1.54) is 0 Å². The van der Waals surface area contributed by atoms with E-state index in [1.807, 2.05) is 0 Å². The fraction of sp³-hybridized carbons (Fsp3) is 0.900. The quantitative estimate of drug-likeness (QED) is 0.785. The molecule has 0 aromatic carbocycles. The van der Waals surface area contributed by atoms with Gasteiger partial charge < -0.3 is 9.84 Å². The molecule has 1 N–H and O–H groups in total. The molecular weight excluding hydrogens is 200 g/mol. The minimum Gasteiger partial charge on any atom is -0.480 e. The molecule has 1 saturated carbocycles. The van der Waals surface area contributed by atoms with Crippen LogP contribution in [0.4, 0.5) is 0 Å². The average Bonchev–Trinajstić information content (AvgIpc) is 2.18. The number of carboxylic acid groups (broad SMARTS) is 1. The highest BCUT2D eigenvalue weighted by Gasteiger charge is 2.25. The lowest BCUT2D eigenvalue weighted by molar-refractivity contribution is -0.136. The molecular formula is C10H18O3S. The number of carbonyl (C=O) groups is 1. The number of thioether (sulfide) groups is 1. The van der Waals surface area contributed by atoms with Gasteiger partial charge in [-0.3, -0.25) is 4.79 Å². The van der Waals surface area contributed by atoms with Crippen LogP contribution in [-0.4, -0.2) is 34.8 Å². The zero-order valence-corrected chi connectivity index (χ0v) is 9.55. The van der Waals surface area contributed by atoms with Gasteiger partial charge in [0.1, 0.15) is 0 Å². The Hall–Kier alpha value is -0.220. The van der Waals surface area contributed by atoms with Gasteiger partial charge in [0.05, 0.1) is 11.4 Å². The van der Waals surface area contributed by atoms with Crippen molar-refractivity contribution in [3.8, 4) is 0 Å². The van der Waals surface area contributed by atoms with E-state index in [4.69, 9.17) is 9.84 Å². The van der Waals surface area contributed by atoms with E-state index < -0.39 is 5.97 Å². The maximum atomic E-state index is 10.7. The number of rotatable bonds is 4. The molecule has 3 unspecified atom stereocenters. The lowest BCUT2D eigenvalue weighted by Gasteiger charge is -2.28. The minimum absolute atomic E-state index is 0.296. The van der Waals surface area contributed by atoms with Gasteiger partial charge in [-0.1, -0.05) is 0 Å². The summed E-state index contributed by atoms with van der Waals surface area (Å²) in [6, 6.07) is 0. The first-order valence-electron chi connectivity index (χ1n) is 5.04. The molecule has 82 valence electrons. The van der Waals surface area contributed by atoms with E-state index in [-0.39, 0.29) is 5.25 Å². The summed E-state index contributed by atoms with van der Waals surface area (Å²) < 4.78 is 5.30. The third-order valence-electron chi connectivity index (χ3n) is 2.66. The Morgan fingerprint density at radius 3 is 2.86 bits per heavy atom. The van der Waals surface area contributed by atoms with Crippen LogP contribution in [0.5, 0.6) is 0 Å². The third-order valence-corrected chi connectivity index (χ3v) is 4.08. The normalized spacial score (nSPS) is 29.9. The van der Waals surface area contributed by atoms with Crippen LogP contribution in [0.15, 0.2) is 0 Å². The Balaban J connectivity index is 2.33. The molecule has 1 aliphatic rings. The SMILES string of the molecule is COC1CCCC(SC(C)C(=O)O)C1. The fourth-order valence-electron chi connectivity index (χ4n) is 1.79. The summed E-state index contributed by atoms with van der Waals surface area (Å²) in [7, 11) is 1.73. The molecule has 1 aliphatic carbocycles. The second kappa shape index (κ2) is 5.61. The summed E-state index contributed by atoms with van der Waals surface area (Å²) in [6.07, 6.45) is 4.74. The predicted octanol–water partition coefficient (Wildman–Crippen LogP) is 2.15. The van der Waals surface area contributed by atoms with Gasteiger partial charge in [0.2, 0.25) is 0 Å². The number of aliphatic carboxylic acids is 1. The maximum absolute atomic E-state index is 10.7. The van der Waals surface area contributed by atoms with Crippen molar-refractivity contribution in [2.75, 3.05) is 7.11 Å². The molecule has 1 rings (SSSR count). The standard InChI is InChI=1S/C10H18O3S/c1-7(10(11)12)14-9-5-3-4-8(6-9)13-2/h7-9H,3-6H2,1-2H3,(H,11,12). The van der Waals surface area contributed by atoms with Gasteiger partial charge in [-0.25, -0.2) is 0 Å². The van der Waals surface area contributed by atoms with Gasteiger partial charge in [-0.05, 0) is 32.6 Å². The van der Waals surface area contributed by atoms with Crippen LogP contribution in [0.25, 0.3) is 0 Å². The molecule has 3 atom stereocenters. The number of ether oxygens (including phenoxy) is 1. The summed E-state index contributed by atoms with van der Waals surface area (Å²) in [5.74, 6) is -0.713. The largest absolute Gasteiger partial charge is 0.480 e. The molecule has 0 heterocycles. The second-order valence-electron chi connectivity index (χ2n) is 3.76. The van der Waals surface area contributed by atoms with E-state index >= 15 is 0 Å². The van der Waals surface area contributed by atoms with E-state index in [0.29, 0.717) is 11.4 Å². The summed E-state index contributed by atoms with van der Waals surface area (Å²) in [5.41, 5.74) is 0. The lowest BCUT2D eigenvalue weighted by atomic mass is 9.97. The van der Waals surface area contributed by atoms with Crippen molar-refractivity contribution in [3.05, 3.63) is 0 Å². The number of hydrogen-bond acceptors (Lipinski definition) is 3. The smallest absolute Gasteiger partial charge is 0.316 e. The van der Waals surface area contributed by atoms with Crippen molar-refractivity contribution >= 4 is 17.7 Å². The van der Waals surface area contributed by atoms with Crippen LogP contribution in [0.1, 0.15) is 32.6 Å². The van der Waals surface area contributed by atoms with Crippen molar-refractivity contribution in [2.45, 2.75) is 49.2 Å². The molecule has 0 bridgehead atoms. The average molecular weight is 218 g/mol. The van der Waals surface area contributed by atoms with Crippen molar-refractivity contribution < 1.29 is 14.6 Å². The van der Waals surface area contributed by atoms with Crippen molar-refractivity contribution in [3.63, 3.8) is 0 Å². The lowest BCUT2D eigenvalue weighted by Crippen LogP contribution is -2.26. The van der Waals surface area contributed by atoms with Gasteiger partial charge >= 0.3 is 5.97 Å². The Kier molecular flexibility index (Phi) is 4.75. The van der Waals surface area contributed by atoms with Crippen LogP contribution in [0.2, 0.25) is 0 Å². The second-order valence-corrected chi connectivity index (χ2v) is 5.41. The fourth-order valence-corrected chi connectivity index (χ4v) is 3.11. The van der Waals surface area contributed by atoms with E-state index in [9.17, 15) is 4.79 Å². The topological polar surface area (TPSA) is 46.5 Å². The van der Waals surface area contributed by atoms with Crippen LogP contribution in [-0.2, 0) is 9.53 Å². The predicted molar refractivity (Wildman–Crippen MR) is 57.7 cm³/mol. The Bertz CT molecular complexity index is 196. The zero-order chi connectivity index (χ0) is 10.6. The molecule has 0 aromatic heterocycles. The Morgan fingerprint density at radius 1 is 1.57 bits per heavy atom. The number of carboxylic acids is 1. The number of hydrogen-bond donors (Lipinski definition) is 1. The van der Waals surface area contributed by atoms with Gasteiger partial charge in [-0.2, -0.15) is 0 Å². The van der Waals surface area contributed by atoms with E-state index in [2.05, 4.69) is 0 Å². The maximum Gasteiger partial charge on any atom is 0.316 e. The first kappa shape index (κ1) is 11.9. The minimum atomic E-state index is -0.713. The first-order valence-corrected chi connectivity index (χ1v) is 5.98. The molecule has 4 heteroatoms. The van der Waals surface area contributed by atoms with Gasteiger partial charge in [0, 0.05) is 12.4 Å². The first-order chi connectivity index (χ1) is 6.63. The van der Waals surface area contributed by atoms with E-state index in [1.54, 1.807) is 25.8 Å². The van der Waals surface area contributed by atoms with Crippen molar-refractivity contribution in [1.29, 1.82) is 0 Å². The molecule has 0 spiro atoms. The van der Waals surface area contributed by atoms with Gasteiger partial charge in [0.25, 0.3) is 0 Å². The van der Waals surface area contributed by atoms with Crippen molar-refractivity contribution in [2.24, 2.45) is 0 Å². The van der Waals surface area contributed by atoms with Crippen LogP contribution >= 0.6 is 11.8 Å². The van der Waals surface area contributed by atoms with Gasteiger partial charge in [-0.15, -0.1) is 11.8 Å². The Morgan fingerprint density at radius 2 is 2.29 bits per heavy atom. The highest BCUT2D eigenvalue weighted by molar-refractivity contribution is 8.01. The molecule has 0 aromatic rings. The van der Waals surface area contributed by atoms with Crippen LogP contribution in [0, 0.1) is 0 Å². The molecule has 3 nitrogen and oxygen atoms in total. The molecule has 0 aliphatic heterocycles. The monoisotopic (exact) mass is 218 g/mol. The summed E-state index contributed by atoms with van der Waals surface area (Å²) in [5, 5.41) is 8.95. The molecule has 1 fully saturated rings. The molecule has 0 saturated heterocycles. The van der Waals surface area contributed by atoms with Crippen molar-refractivity contribution in [1.82, 2.24) is 0 Å². The Labute approximate surface area is 89.2 Å². The zero-order valence-electron chi connectivity index (χ0n) is 8.73. The molecule has 0 amide bonds. The highest BCUT2D eigenvalue weighted by atomic mass is 32.2. The number of methoxy groups -OCH3 is 1. The summed E-state index contributed by atoms with van der Waals surface area (Å²) >= 11 is 1.57. The molecule has 0 radical (unpaired) electrons. The summed E-state index contributed by atoms with van der Waals surface area (Å²) in [4.78, 5) is 10.7. The highest BCUT2D eigenvalue weighted by Crippen LogP contribution is 2.32.